The molecule has 0 atom stereocenters. The average Bonchev–Trinajstić information content (AvgIpc) is 2.58. The van der Waals surface area contributed by atoms with Gasteiger partial charge in [-0.1, -0.05) is 12.2 Å². The lowest BCUT2D eigenvalue weighted by Gasteiger charge is -2.09. The molecule has 0 heterocycles. The highest BCUT2D eigenvalue weighted by Crippen LogP contribution is 2.12. The van der Waals surface area contributed by atoms with Gasteiger partial charge >= 0.3 is 0 Å². The fraction of sp³-hybridized carbons (Fsp3) is 0.250. The minimum absolute atomic E-state index is 0.307. The van der Waals surface area contributed by atoms with Gasteiger partial charge in [0.05, 0.1) is 11.4 Å². The van der Waals surface area contributed by atoms with E-state index < -0.39 is 0 Å². The van der Waals surface area contributed by atoms with Crippen molar-refractivity contribution < 1.29 is 4.39 Å². The summed E-state index contributed by atoms with van der Waals surface area (Å²) in [7, 11) is 1.69. The fourth-order valence-corrected chi connectivity index (χ4v) is 2.06. The predicted octanol–water partition coefficient (Wildman–Crippen LogP) is 5.15. The SMILES string of the molecule is C\C=C(C)/N=C(C)/C=C\C(=N/C)C(=C\C)\C(=N)c1ccc(F)cc1. The zero-order valence-corrected chi connectivity index (χ0v) is 14.9. The van der Waals surface area contributed by atoms with Crippen LogP contribution in [0.4, 0.5) is 4.39 Å². The first-order valence-corrected chi connectivity index (χ1v) is 7.77. The molecular formula is C20H24FN3. The Labute approximate surface area is 143 Å². The third-order valence-corrected chi connectivity index (χ3v) is 3.46. The van der Waals surface area contributed by atoms with Gasteiger partial charge in [0.25, 0.3) is 0 Å². The minimum Gasteiger partial charge on any atom is -0.300 e. The molecule has 1 aromatic carbocycles. The van der Waals surface area contributed by atoms with Crippen LogP contribution in [-0.2, 0) is 0 Å². The Kier molecular flexibility index (Phi) is 7.69. The first kappa shape index (κ1) is 19.4. The van der Waals surface area contributed by atoms with Crippen LogP contribution >= 0.6 is 0 Å². The number of rotatable bonds is 6. The molecule has 0 aliphatic carbocycles. The summed E-state index contributed by atoms with van der Waals surface area (Å²) < 4.78 is 13.1. The number of nitrogens with zero attached hydrogens (tertiary/aromatic N) is 2. The topological polar surface area (TPSA) is 48.6 Å². The first-order valence-electron chi connectivity index (χ1n) is 7.77. The molecule has 0 aromatic heterocycles. The minimum atomic E-state index is -0.316. The summed E-state index contributed by atoms with van der Waals surface area (Å²) in [4.78, 5) is 8.69. The third kappa shape index (κ3) is 5.54. The number of halogens is 1. The van der Waals surface area contributed by atoms with E-state index in [0.29, 0.717) is 22.6 Å². The molecule has 0 aliphatic rings. The summed E-state index contributed by atoms with van der Waals surface area (Å²) in [5.41, 5.74) is 4.12. The molecule has 0 fully saturated rings. The van der Waals surface area contributed by atoms with Gasteiger partial charge in [0, 0.05) is 29.6 Å². The summed E-state index contributed by atoms with van der Waals surface area (Å²) in [6.07, 6.45) is 7.49. The highest BCUT2D eigenvalue weighted by Gasteiger charge is 2.11. The van der Waals surface area contributed by atoms with Crippen LogP contribution in [0.15, 0.2) is 69.8 Å². The van der Waals surface area contributed by atoms with Crippen LogP contribution in [-0.4, -0.2) is 24.2 Å². The number of benzene rings is 1. The normalized spacial score (nSPS) is 14.4. The average molecular weight is 325 g/mol. The molecule has 1 rings (SSSR count). The fourth-order valence-electron chi connectivity index (χ4n) is 2.06. The van der Waals surface area contributed by atoms with E-state index in [0.717, 1.165) is 11.4 Å². The number of hydrogen-bond acceptors (Lipinski definition) is 3. The van der Waals surface area contributed by atoms with Crippen molar-refractivity contribution in [3.8, 4) is 0 Å². The molecule has 0 radical (unpaired) electrons. The lowest BCUT2D eigenvalue weighted by molar-refractivity contribution is 0.628. The Bertz CT molecular complexity index is 733. The van der Waals surface area contributed by atoms with Crippen molar-refractivity contribution in [2.45, 2.75) is 27.7 Å². The zero-order chi connectivity index (χ0) is 18.1. The van der Waals surface area contributed by atoms with Crippen LogP contribution in [0.1, 0.15) is 33.3 Å². The molecule has 0 amide bonds. The quantitative estimate of drug-likeness (QED) is 0.703. The van der Waals surface area contributed by atoms with Gasteiger partial charge in [0.2, 0.25) is 0 Å². The first-order chi connectivity index (χ1) is 11.4. The molecule has 0 unspecified atom stereocenters. The van der Waals surface area contributed by atoms with Crippen molar-refractivity contribution in [2.75, 3.05) is 7.05 Å². The maximum Gasteiger partial charge on any atom is 0.123 e. The zero-order valence-electron chi connectivity index (χ0n) is 14.9. The van der Waals surface area contributed by atoms with Crippen molar-refractivity contribution in [3.63, 3.8) is 0 Å². The van der Waals surface area contributed by atoms with E-state index >= 15 is 0 Å². The van der Waals surface area contributed by atoms with E-state index in [1.165, 1.54) is 12.1 Å². The predicted molar refractivity (Wildman–Crippen MR) is 102 cm³/mol. The third-order valence-electron chi connectivity index (χ3n) is 3.46. The highest BCUT2D eigenvalue weighted by molar-refractivity contribution is 6.32. The Morgan fingerprint density at radius 3 is 2.17 bits per heavy atom. The van der Waals surface area contributed by atoms with Crippen molar-refractivity contribution >= 4 is 17.1 Å². The monoisotopic (exact) mass is 325 g/mol. The summed E-state index contributed by atoms with van der Waals surface area (Å²) in [5.74, 6) is -0.316. The molecular weight excluding hydrogens is 301 g/mol. The van der Waals surface area contributed by atoms with Crippen LogP contribution < -0.4 is 0 Å². The number of hydrogen-bond donors (Lipinski definition) is 1. The molecule has 4 heteroatoms. The second-order valence-electron chi connectivity index (χ2n) is 5.21. The smallest absolute Gasteiger partial charge is 0.123 e. The highest BCUT2D eigenvalue weighted by atomic mass is 19.1. The molecule has 0 saturated carbocycles. The van der Waals surface area contributed by atoms with Gasteiger partial charge in [0.1, 0.15) is 5.82 Å². The van der Waals surface area contributed by atoms with Crippen LogP contribution in [0.3, 0.4) is 0 Å². The van der Waals surface area contributed by atoms with E-state index in [1.807, 2.05) is 52.0 Å². The molecule has 1 aromatic rings. The summed E-state index contributed by atoms with van der Waals surface area (Å²) in [5, 5.41) is 8.38. The number of nitrogens with one attached hydrogen (secondary N) is 1. The summed E-state index contributed by atoms with van der Waals surface area (Å²) in [6.45, 7) is 7.65. The molecule has 3 nitrogen and oxygen atoms in total. The van der Waals surface area contributed by atoms with E-state index in [4.69, 9.17) is 5.41 Å². The van der Waals surface area contributed by atoms with Crippen LogP contribution in [0.2, 0.25) is 0 Å². The summed E-state index contributed by atoms with van der Waals surface area (Å²) in [6, 6.07) is 5.90. The molecule has 1 N–H and O–H groups in total. The summed E-state index contributed by atoms with van der Waals surface area (Å²) >= 11 is 0. The van der Waals surface area contributed by atoms with E-state index in [9.17, 15) is 4.39 Å². The maximum atomic E-state index is 13.1. The number of aliphatic imine (C=N–C) groups is 2. The Hall–Kier alpha value is -2.62. The van der Waals surface area contributed by atoms with Crippen LogP contribution in [0, 0.1) is 11.2 Å². The Balaban J connectivity index is 3.07. The molecule has 0 spiro atoms. The van der Waals surface area contributed by atoms with Crippen LogP contribution in [0.5, 0.6) is 0 Å². The van der Waals surface area contributed by atoms with Gasteiger partial charge in [-0.2, -0.15) is 0 Å². The van der Waals surface area contributed by atoms with Crippen molar-refractivity contribution in [2.24, 2.45) is 9.98 Å². The lowest BCUT2D eigenvalue weighted by atomic mass is 9.97. The second kappa shape index (κ2) is 9.50. The molecule has 24 heavy (non-hydrogen) atoms. The molecule has 0 aliphatic heterocycles. The van der Waals surface area contributed by atoms with Gasteiger partial charge in [-0.3, -0.25) is 15.4 Å². The van der Waals surface area contributed by atoms with Gasteiger partial charge < -0.3 is 0 Å². The lowest BCUT2D eigenvalue weighted by Crippen LogP contribution is -2.12. The molecule has 0 bridgehead atoms. The van der Waals surface area contributed by atoms with Gasteiger partial charge in [-0.15, -0.1) is 0 Å². The second-order valence-corrected chi connectivity index (χ2v) is 5.21. The Morgan fingerprint density at radius 1 is 1.04 bits per heavy atom. The largest absolute Gasteiger partial charge is 0.300 e. The van der Waals surface area contributed by atoms with Gasteiger partial charge in [-0.25, -0.2) is 4.39 Å². The van der Waals surface area contributed by atoms with Gasteiger partial charge in [-0.05, 0) is 64.1 Å². The van der Waals surface area contributed by atoms with Crippen molar-refractivity contribution in [1.29, 1.82) is 5.41 Å². The maximum absolute atomic E-state index is 13.1. The van der Waals surface area contributed by atoms with Crippen LogP contribution in [0.25, 0.3) is 0 Å². The molecule has 126 valence electrons. The van der Waals surface area contributed by atoms with Crippen molar-refractivity contribution in [1.82, 2.24) is 0 Å². The number of allylic oxidation sites excluding steroid dienone is 6. The van der Waals surface area contributed by atoms with Gasteiger partial charge in [0.15, 0.2) is 0 Å². The standard InChI is InChI=1S/C20H24FN3/c1-6-14(3)24-15(4)8-13-19(23-5)18(7-2)20(22)16-9-11-17(21)12-10-16/h6-13,22H,1-5H3/b13-8-,14-6-,18-7-,22-20?,23-19+,24-15+. The molecule has 0 saturated heterocycles. The van der Waals surface area contributed by atoms with Crippen molar-refractivity contribution in [3.05, 3.63) is 71.2 Å². The van der Waals surface area contributed by atoms with E-state index in [-0.39, 0.29) is 5.82 Å². The van der Waals surface area contributed by atoms with E-state index in [2.05, 4.69) is 9.98 Å². The van der Waals surface area contributed by atoms with E-state index in [1.54, 1.807) is 19.2 Å². The Morgan fingerprint density at radius 2 is 1.67 bits per heavy atom.